The van der Waals surface area contributed by atoms with E-state index < -0.39 is 18.4 Å². The maximum atomic E-state index is 12.4. The number of hydrogen-bond acceptors (Lipinski definition) is 4. The third-order valence-corrected chi connectivity index (χ3v) is 2.90. The number of nitrogens with two attached hydrogens (primary N) is 1. The van der Waals surface area contributed by atoms with E-state index in [1.165, 1.54) is 24.4 Å². The number of carbonyl (C=O) groups is 2. The lowest BCUT2D eigenvalue weighted by Crippen LogP contribution is -2.36. The second-order valence-corrected chi connectivity index (χ2v) is 4.68. The first-order valence-electron chi connectivity index (χ1n) is 5.98. The fourth-order valence-corrected chi connectivity index (χ4v) is 1.91. The normalized spacial score (nSPS) is 10.1. The van der Waals surface area contributed by atoms with Gasteiger partial charge in [-0.15, -0.1) is 0 Å². The molecular formula is C14H12ClN3O3. The highest BCUT2D eigenvalue weighted by Crippen LogP contribution is 2.21. The molecule has 0 fully saturated rings. The molecule has 0 saturated carbocycles. The summed E-state index contributed by atoms with van der Waals surface area (Å²) < 4.78 is 0. The SMILES string of the molecule is Nc1ccc(C(=O)N(CC(=O)O)c2cccc(Cl)c2)nc1. The van der Waals surface area contributed by atoms with Gasteiger partial charge in [0.2, 0.25) is 0 Å². The van der Waals surface area contributed by atoms with Crippen molar-refractivity contribution in [2.24, 2.45) is 0 Å². The summed E-state index contributed by atoms with van der Waals surface area (Å²) >= 11 is 5.88. The van der Waals surface area contributed by atoms with Crippen molar-refractivity contribution >= 4 is 34.9 Å². The predicted molar refractivity (Wildman–Crippen MR) is 79.4 cm³/mol. The Morgan fingerprint density at radius 3 is 2.62 bits per heavy atom. The molecule has 1 aromatic heterocycles. The van der Waals surface area contributed by atoms with Gasteiger partial charge < -0.3 is 10.8 Å². The third kappa shape index (κ3) is 3.70. The zero-order chi connectivity index (χ0) is 15.4. The quantitative estimate of drug-likeness (QED) is 0.901. The Morgan fingerprint density at radius 1 is 1.29 bits per heavy atom. The van der Waals surface area contributed by atoms with Gasteiger partial charge in [-0.3, -0.25) is 14.5 Å². The number of pyridine rings is 1. The van der Waals surface area contributed by atoms with Crippen LogP contribution in [0.25, 0.3) is 0 Å². The van der Waals surface area contributed by atoms with Crippen LogP contribution in [0.3, 0.4) is 0 Å². The van der Waals surface area contributed by atoms with Crippen LogP contribution in [0.5, 0.6) is 0 Å². The molecule has 0 atom stereocenters. The molecule has 0 radical (unpaired) electrons. The van der Waals surface area contributed by atoms with Crippen molar-refractivity contribution in [3.05, 3.63) is 53.3 Å². The molecule has 7 heteroatoms. The van der Waals surface area contributed by atoms with Crippen molar-refractivity contribution in [3.8, 4) is 0 Å². The highest BCUT2D eigenvalue weighted by Gasteiger charge is 2.21. The number of carboxylic acid groups (broad SMARTS) is 1. The number of halogens is 1. The van der Waals surface area contributed by atoms with Gasteiger partial charge in [0, 0.05) is 10.7 Å². The van der Waals surface area contributed by atoms with Crippen molar-refractivity contribution in [3.63, 3.8) is 0 Å². The number of aromatic nitrogens is 1. The number of nitrogens with zero attached hydrogens (tertiary/aromatic N) is 2. The number of anilines is 2. The average Bonchev–Trinajstić information content (AvgIpc) is 2.44. The van der Waals surface area contributed by atoms with E-state index in [4.69, 9.17) is 22.4 Å². The van der Waals surface area contributed by atoms with Gasteiger partial charge in [0.1, 0.15) is 12.2 Å². The summed E-state index contributed by atoms with van der Waals surface area (Å²) in [5.41, 5.74) is 6.42. The molecule has 0 aliphatic carbocycles. The maximum absolute atomic E-state index is 12.4. The summed E-state index contributed by atoms with van der Waals surface area (Å²) in [6, 6.07) is 9.35. The van der Waals surface area contributed by atoms with Crippen LogP contribution in [0, 0.1) is 0 Å². The van der Waals surface area contributed by atoms with Gasteiger partial charge >= 0.3 is 5.97 Å². The van der Waals surface area contributed by atoms with Crippen molar-refractivity contribution in [1.29, 1.82) is 0 Å². The molecule has 0 unspecified atom stereocenters. The van der Waals surface area contributed by atoms with E-state index in [-0.39, 0.29) is 5.69 Å². The number of carboxylic acids is 1. The summed E-state index contributed by atoms with van der Waals surface area (Å²) in [7, 11) is 0. The Labute approximate surface area is 125 Å². The Hall–Kier alpha value is -2.60. The minimum atomic E-state index is -1.14. The Bertz CT molecular complexity index is 673. The Balaban J connectivity index is 2.38. The molecule has 0 spiro atoms. The van der Waals surface area contributed by atoms with Crippen molar-refractivity contribution in [2.45, 2.75) is 0 Å². The standard InChI is InChI=1S/C14H12ClN3O3/c15-9-2-1-3-11(6-9)18(8-13(19)20)14(21)12-5-4-10(16)7-17-12/h1-7H,8,16H2,(H,19,20). The van der Waals surface area contributed by atoms with Crippen LogP contribution >= 0.6 is 11.6 Å². The lowest BCUT2D eigenvalue weighted by molar-refractivity contribution is -0.135. The molecule has 6 nitrogen and oxygen atoms in total. The Morgan fingerprint density at radius 2 is 2.05 bits per heavy atom. The van der Waals surface area contributed by atoms with Gasteiger partial charge in [0.15, 0.2) is 0 Å². The molecule has 0 bridgehead atoms. The smallest absolute Gasteiger partial charge is 0.323 e. The number of nitrogen functional groups attached to an aromatic ring is 1. The van der Waals surface area contributed by atoms with Gasteiger partial charge in [-0.05, 0) is 30.3 Å². The zero-order valence-electron chi connectivity index (χ0n) is 10.9. The van der Waals surface area contributed by atoms with Gasteiger partial charge in [-0.25, -0.2) is 4.98 Å². The predicted octanol–water partition coefficient (Wildman–Crippen LogP) is 2.05. The van der Waals surface area contributed by atoms with Crippen LogP contribution < -0.4 is 10.6 Å². The second kappa shape index (κ2) is 6.23. The number of carbonyl (C=O) groups excluding carboxylic acids is 1. The molecule has 1 amide bonds. The molecule has 0 aliphatic rings. The van der Waals surface area contributed by atoms with Crippen LogP contribution in [-0.2, 0) is 4.79 Å². The van der Waals surface area contributed by atoms with Crippen LogP contribution in [-0.4, -0.2) is 28.5 Å². The summed E-state index contributed by atoms with van der Waals surface area (Å²) in [5, 5.41) is 9.39. The molecule has 0 saturated heterocycles. The number of hydrogen-bond donors (Lipinski definition) is 2. The van der Waals surface area contributed by atoms with E-state index in [2.05, 4.69) is 4.98 Å². The molecule has 2 rings (SSSR count). The lowest BCUT2D eigenvalue weighted by atomic mass is 10.2. The first-order valence-corrected chi connectivity index (χ1v) is 6.36. The number of aliphatic carboxylic acids is 1. The Kier molecular flexibility index (Phi) is 4.39. The molecule has 2 aromatic rings. The van der Waals surface area contributed by atoms with E-state index in [0.717, 1.165) is 4.90 Å². The van der Waals surface area contributed by atoms with Crippen molar-refractivity contribution < 1.29 is 14.7 Å². The van der Waals surface area contributed by atoms with Gasteiger partial charge in [-0.1, -0.05) is 17.7 Å². The fraction of sp³-hybridized carbons (Fsp3) is 0.0714. The topological polar surface area (TPSA) is 96.5 Å². The molecule has 1 heterocycles. The zero-order valence-corrected chi connectivity index (χ0v) is 11.6. The molecule has 3 N–H and O–H groups in total. The first-order chi connectivity index (χ1) is 9.97. The maximum Gasteiger partial charge on any atom is 0.323 e. The second-order valence-electron chi connectivity index (χ2n) is 4.24. The van der Waals surface area contributed by atoms with Gasteiger partial charge in [-0.2, -0.15) is 0 Å². The lowest BCUT2D eigenvalue weighted by Gasteiger charge is -2.20. The number of amides is 1. The van der Waals surface area contributed by atoms with E-state index in [1.807, 2.05) is 0 Å². The van der Waals surface area contributed by atoms with E-state index in [0.29, 0.717) is 16.4 Å². The molecule has 0 aliphatic heterocycles. The molecule has 21 heavy (non-hydrogen) atoms. The van der Waals surface area contributed by atoms with E-state index in [9.17, 15) is 9.59 Å². The van der Waals surface area contributed by atoms with Crippen LogP contribution in [0.1, 0.15) is 10.5 Å². The first kappa shape index (κ1) is 14.8. The summed E-state index contributed by atoms with van der Waals surface area (Å²) in [5.74, 6) is -1.68. The molecule has 1 aromatic carbocycles. The number of benzene rings is 1. The van der Waals surface area contributed by atoms with Crippen LogP contribution in [0.4, 0.5) is 11.4 Å². The highest BCUT2D eigenvalue weighted by molar-refractivity contribution is 6.31. The monoisotopic (exact) mass is 305 g/mol. The van der Waals surface area contributed by atoms with Crippen molar-refractivity contribution in [1.82, 2.24) is 4.98 Å². The molecule has 108 valence electrons. The highest BCUT2D eigenvalue weighted by atomic mass is 35.5. The van der Waals surface area contributed by atoms with Crippen LogP contribution in [0.15, 0.2) is 42.6 Å². The van der Waals surface area contributed by atoms with Gasteiger partial charge in [0.25, 0.3) is 5.91 Å². The fourth-order valence-electron chi connectivity index (χ4n) is 1.73. The largest absolute Gasteiger partial charge is 0.480 e. The third-order valence-electron chi connectivity index (χ3n) is 2.66. The minimum Gasteiger partial charge on any atom is -0.480 e. The summed E-state index contributed by atoms with van der Waals surface area (Å²) in [4.78, 5) is 28.4. The number of rotatable bonds is 4. The summed E-state index contributed by atoms with van der Waals surface area (Å²) in [6.07, 6.45) is 1.34. The van der Waals surface area contributed by atoms with E-state index >= 15 is 0 Å². The van der Waals surface area contributed by atoms with Gasteiger partial charge in [0.05, 0.1) is 11.9 Å². The van der Waals surface area contributed by atoms with Crippen molar-refractivity contribution in [2.75, 3.05) is 17.2 Å². The molecular weight excluding hydrogens is 294 g/mol. The van der Waals surface area contributed by atoms with Crippen LogP contribution in [0.2, 0.25) is 5.02 Å². The average molecular weight is 306 g/mol. The summed E-state index contributed by atoms with van der Waals surface area (Å²) in [6.45, 7) is -0.495. The van der Waals surface area contributed by atoms with E-state index in [1.54, 1.807) is 18.2 Å². The minimum absolute atomic E-state index is 0.102.